The van der Waals surface area contributed by atoms with E-state index in [0.717, 1.165) is 12.4 Å². The van der Waals surface area contributed by atoms with Crippen LogP contribution in [0, 0.1) is 0 Å². The van der Waals surface area contributed by atoms with Gasteiger partial charge in [0.25, 0.3) is 0 Å². The van der Waals surface area contributed by atoms with Crippen LogP contribution in [0.1, 0.15) is 67.3 Å². The third-order valence-electron chi connectivity index (χ3n) is 13.5. The topological polar surface area (TPSA) is 26.0 Å². The minimum Gasteiger partial charge on any atom is -0.430 e. The molecule has 0 N–H and O–H groups in total. The van der Waals surface area contributed by atoms with Gasteiger partial charge in [0.15, 0.2) is 18.8 Å². The number of hydrogen-bond donors (Lipinski definition) is 0. The van der Waals surface area contributed by atoms with Crippen LogP contribution in [0.15, 0.2) is 170 Å². The van der Waals surface area contributed by atoms with E-state index in [1.807, 2.05) is 12.3 Å². The van der Waals surface area contributed by atoms with Crippen molar-refractivity contribution in [3.8, 4) is 17.0 Å². The van der Waals surface area contributed by atoms with Crippen molar-refractivity contribution in [1.29, 1.82) is 0 Å². The molecule has 3 nitrogen and oxygen atoms in total. The van der Waals surface area contributed by atoms with Gasteiger partial charge in [0.2, 0.25) is 0 Å². The molecule has 1 aliphatic carbocycles. The van der Waals surface area contributed by atoms with Gasteiger partial charge in [-0.25, -0.2) is 4.98 Å². The van der Waals surface area contributed by atoms with Gasteiger partial charge in [0.1, 0.15) is 12.3 Å². The second kappa shape index (κ2) is 21.8. The first kappa shape index (κ1) is 61.9. The summed E-state index contributed by atoms with van der Waals surface area (Å²) in [5.41, 5.74) is -24.1. The zero-order chi connectivity index (χ0) is 62.0. The minimum absolute atomic E-state index is 0.122. The Morgan fingerprint density at radius 3 is 0.917 bits per heavy atom. The van der Waals surface area contributed by atoms with E-state index in [4.69, 9.17) is 4.74 Å². The zero-order valence-electron chi connectivity index (χ0n) is 41.4. The maximum atomic E-state index is 14.2. The number of halogens is 24. The van der Waals surface area contributed by atoms with Gasteiger partial charge >= 0.3 is 55.3 Å². The summed E-state index contributed by atoms with van der Waals surface area (Å²) in [6, 6.07) is 18.5. The minimum atomic E-state index is -6.13. The summed E-state index contributed by atoms with van der Waals surface area (Å²) in [5, 5.41) is 0. The molecule has 0 saturated carbocycles. The second-order valence-electron chi connectivity index (χ2n) is 18.9. The smallest absolute Gasteiger partial charge is 0.416 e. The van der Waals surface area contributed by atoms with Crippen molar-refractivity contribution in [3.63, 3.8) is 0 Å². The molecule has 0 saturated heterocycles. The fourth-order valence-electron chi connectivity index (χ4n) is 9.81. The molecule has 0 atom stereocenters. The molecule has 28 heteroatoms. The number of fused-ring (bicyclic) bond motifs is 3. The van der Waals surface area contributed by atoms with Gasteiger partial charge in [-0.3, -0.25) is 0 Å². The standard InChI is InChI=1S/C32H12BF24.C24H19N2O/c34-25(35,36)13-1-14(26(37,38)39)6-21(5-13)33(22-7-15(27(40,41)42)2-16(8-22)28(43,44)45,23-9-17(29(46,47)48)3-18(10-23)30(49,50)51)24-11-19(31(52,53)54)4-20(12-24)32(55,56)57;1-2-8-18(9-3-1)17-26-15-14-25-16-23(26)27-24-21-12-6-4-10-19(21)20-11-5-7-13-22(20)24/h1-12H;1-16,24H,17H2/q-1;+1. The molecule has 0 fully saturated rings. The Morgan fingerprint density at radius 1 is 0.357 bits per heavy atom. The lowest BCUT2D eigenvalue weighted by atomic mass is 9.12. The van der Waals surface area contributed by atoms with Crippen LogP contribution in [0.4, 0.5) is 105 Å². The number of ether oxygens (including phenoxy) is 1. The highest BCUT2D eigenvalue weighted by molar-refractivity contribution is 7.20. The van der Waals surface area contributed by atoms with Crippen molar-refractivity contribution in [2.75, 3.05) is 0 Å². The molecule has 0 unspecified atom stereocenters. The lowest BCUT2D eigenvalue weighted by molar-refractivity contribution is -0.694. The van der Waals surface area contributed by atoms with E-state index in [-0.39, 0.29) is 6.10 Å². The van der Waals surface area contributed by atoms with Crippen molar-refractivity contribution in [2.24, 2.45) is 0 Å². The Morgan fingerprint density at radius 2 is 0.631 bits per heavy atom. The molecule has 0 bridgehead atoms. The lowest BCUT2D eigenvalue weighted by Gasteiger charge is -2.46. The molecule has 1 aliphatic rings. The lowest BCUT2D eigenvalue weighted by Crippen LogP contribution is -2.75. The summed E-state index contributed by atoms with van der Waals surface area (Å²) in [7, 11) is 0. The summed E-state index contributed by atoms with van der Waals surface area (Å²) in [6.45, 7) is 0.745. The number of rotatable bonds is 8. The highest BCUT2D eigenvalue weighted by Crippen LogP contribution is 2.46. The predicted molar refractivity (Wildman–Crippen MR) is 254 cm³/mol. The van der Waals surface area contributed by atoms with Gasteiger partial charge in [-0.1, -0.05) is 127 Å². The number of aromatic nitrogens is 2. The summed E-state index contributed by atoms with van der Waals surface area (Å²) < 4.78 is 349. The Bertz CT molecular complexity index is 3220. The molecule has 7 aromatic carbocycles. The maximum absolute atomic E-state index is 14.2. The van der Waals surface area contributed by atoms with E-state index < -0.39 is 195 Å². The molecule has 0 spiro atoms. The third kappa shape index (κ3) is 13.1. The molecule has 0 radical (unpaired) electrons. The maximum Gasteiger partial charge on any atom is 0.416 e. The average Bonchev–Trinajstić information content (AvgIpc) is 1.30. The Hall–Kier alpha value is -8.20. The summed E-state index contributed by atoms with van der Waals surface area (Å²) >= 11 is 0. The fourth-order valence-corrected chi connectivity index (χ4v) is 9.81. The monoisotopic (exact) mass is 1210 g/mol. The molecular formula is C56H31BF24N2O. The normalized spacial score (nSPS) is 13.7. The summed E-state index contributed by atoms with van der Waals surface area (Å²) in [6.07, 6.45) is -49.4. The number of benzene rings is 7. The molecule has 0 aliphatic heterocycles. The van der Waals surface area contributed by atoms with Gasteiger partial charge in [-0.2, -0.15) is 132 Å². The average molecular weight is 1210 g/mol. The Balaban J connectivity index is 0.000000280. The van der Waals surface area contributed by atoms with E-state index in [1.54, 1.807) is 12.4 Å². The van der Waals surface area contributed by atoms with Crippen LogP contribution >= 0.6 is 0 Å². The Kier molecular flexibility index (Phi) is 16.0. The number of nitrogens with zero attached hydrogens (tertiary/aromatic N) is 2. The molecule has 1 heterocycles. The molecule has 1 aromatic heterocycles. The van der Waals surface area contributed by atoms with Crippen LogP contribution in [0.5, 0.6) is 5.88 Å². The molecule has 0 amide bonds. The van der Waals surface area contributed by atoms with Gasteiger partial charge in [0, 0.05) is 16.7 Å². The highest BCUT2D eigenvalue weighted by atomic mass is 19.4. The van der Waals surface area contributed by atoms with E-state index in [9.17, 15) is 105 Å². The van der Waals surface area contributed by atoms with Gasteiger partial charge in [-0.05, 0) is 35.4 Å². The van der Waals surface area contributed by atoms with Crippen LogP contribution in [0.2, 0.25) is 0 Å². The van der Waals surface area contributed by atoms with E-state index in [0.29, 0.717) is 0 Å². The van der Waals surface area contributed by atoms with Crippen molar-refractivity contribution >= 4 is 28.0 Å². The summed E-state index contributed by atoms with van der Waals surface area (Å²) in [4.78, 5) is 4.30. The summed E-state index contributed by atoms with van der Waals surface area (Å²) in [5.74, 6) is 0.762. The van der Waals surface area contributed by atoms with E-state index in [2.05, 4.69) is 82.3 Å². The van der Waals surface area contributed by atoms with Crippen LogP contribution in [-0.4, -0.2) is 11.1 Å². The van der Waals surface area contributed by atoms with Crippen LogP contribution in [0.3, 0.4) is 0 Å². The predicted octanol–water partition coefficient (Wildman–Crippen LogP) is 15.8. The van der Waals surface area contributed by atoms with Gasteiger partial charge in [0.05, 0.1) is 50.7 Å². The van der Waals surface area contributed by atoms with Crippen molar-refractivity contribution in [3.05, 3.63) is 231 Å². The van der Waals surface area contributed by atoms with Gasteiger partial charge < -0.3 is 4.74 Å². The van der Waals surface area contributed by atoms with Crippen LogP contribution < -0.4 is 31.2 Å². The fraction of sp³-hybridized carbons (Fsp3) is 0.179. The molecule has 9 rings (SSSR count). The van der Waals surface area contributed by atoms with E-state index >= 15 is 0 Å². The largest absolute Gasteiger partial charge is 0.430 e. The molecule has 442 valence electrons. The quantitative estimate of drug-likeness (QED) is 0.0861. The highest BCUT2D eigenvalue weighted by Gasteiger charge is 2.47. The zero-order valence-corrected chi connectivity index (χ0v) is 41.4. The van der Waals surface area contributed by atoms with Crippen molar-refractivity contribution in [1.82, 2.24) is 4.98 Å². The second-order valence-corrected chi connectivity index (χ2v) is 18.9. The first-order valence-corrected chi connectivity index (χ1v) is 23.7. The molecular weight excluding hydrogens is 1180 g/mol. The first-order valence-electron chi connectivity index (χ1n) is 23.7. The Labute approximate surface area is 457 Å². The number of hydrogen-bond acceptors (Lipinski definition) is 2. The van der Waals surface area contributed by atoms with Crippen LogP contribution in [0.25, 0.3) is 11.1 Å². The first-order chi connectivity index (χ1) is 38.7. The van der Waals surface area contributed by atoms with Crippen LogP contribution in [-0.2, 0) is 56.0 Å². The SMILES string of the molecule is FC(F)(F)c1cc([B-](c2cc(C(F)(F)F)cc(C(F)(F)F)c2)(c2cc(C(F)(F)F)cc(C(F)(F)F)c2)c2cc(C(F)(F)F)cc(C(F)(F)F)c2)cc(C(F)(F)F)c1.c1ccc(C[n+]2ccncc2OC2c3ccccc3-c3ccccc32)cc1. The third-order valence-corrected chi connectivity index (χ3v) is 13.5. The van der Waals surface area contributed by atoms with E-state index in [1.165, 1.54) is 27.8 Å². The molecule has 8 aromatic rings. The van der Waals surface area contributed by atoms with Crippen molar-refractivity contribution < 1.29 is 115 Å². The molecule has 84 heavy (non-hydrogen) atoms. The van der Waals surface area contributed by atoms with Gasteiger partial charge in [-0.15, -0.1) is 0 Å². The van der Waals surface area contributed by atoms with Crippen molar-refractivity contribution in [2.45, 2.75) is 62.1 Å². The number of alkyl halides is 24.